The monoisotopic (exact) mass is 327 g/mol. The minimum absolute atomic E-state index is 0.880. The quantitative estimate of drug-likeness (QED) is 0.724. The van der Waals surface area contributed by atoms with Gasteiger partial charge in [0, 0.05) is 58.8 Å². The SMILES string of the molecule is Cc1ncc2c(n1)CCN(Cc1ccc(-c3ccsc3)s1)C2. The molecule has 4 heterocycles. The zero-order valence-corrected chi connectivity index (χ0v) is 14.1. The van der Waals surface area contributed by atoms with Gasteiger partial charge in [0.1, 0.15) is 5.82 Å². The fraction of sp³-hybridized carbons (Fsp3) is 0.294. The first kappa shape index (κ1) is 14.1. The highest BCUT2D eigenvalue weighted by Gasteiger charge is 2.18. The molecule has 0 aromatic carbocycles. The second kappa shape index (κ2) is 5.91. The maximum Gasteiger partial charge on any atom is 0.125 e. The smallest absolute Gasteiger partial charge is 0.125 e. The van der Waals surface area contributed by atoms with Crippen molar-refractivity contribution in [3.63, 3.8) is 0 Å². The average Bonchev–Trinajstić information content (AvgIpc) is 3.18. The lowest BCUT2D eigenvalue weighted by atomic mass is 10.1. The third-order valence-corrected chi connectivity index (χ3v) is 5.78. The van der Waals surface area contributed by atoms with E-state index in [4.69, 9.17) is 0 Å². The first-order chi connectivity index (χ1) is 10.8. The van der Waals surface area contributed by atoms with E-state index in [0.29, 0.717) is 0 Å². The molecule has 0 saturated carbocycles. The molecule has 0 spiro atoms. The van der Waals surface area contributed by atoms with Crippen LogP contribution in [0.5, 0.6) is 0 Å². The number of nitrogens with zero attached hydrogens (tertiary/aromatic N) is 3. The Bertz CT molecular complexity index is 777. The highest BCUT2D eigenvalue weighted by molar-refractivity contribution is 7.16. The molecular weight excluding hydrogens is 310 g/mol. The predicted octanol–water partition coefficient (Wildman–Crippen LogP) is 4.13. The molecule has 4 rings (SSSR count). The van der Waals surface area contributed by atoms with E-state index in [-0.39, 0.29) is 0 Å². The van der Waals surface area contributed by atoms with Crippen LogP contribution in [0.4, 0.5) is 0 Å². The Balaban J connectivity index is 1.47. The summed E-state index contributed by atoms with van der Waals surface area (Å²) in [5.41, 5.74) is 3.86. The van der Waals surface area contributed by atoms with Gasteiger partial charge in [0.15, 0.2) is 0 Å². The van der Waals surface area contributed by atoms with Crippen molar-refractivity contribution in [3.8, 4) is 10.4 Å². The largest absolute Gasteiger partial charge is 0.293 e. The van der Waals surface area contributed by atoms with Crippen LogP contribution < -0.4 is 0 Å². The highest BCUT2D eigenvalue weighted by atomic mass is 32.1. The Labute approximate surface area is 138 Å². The van der Waals surface area contributed by atoms with E-state index in [1.54, 1.807) is 11.3 Å². The lowest BCUT2D eigenvalue weighted by Gasteiger charge is -2.27. The summed E-state index contributed by atoms with van der Waals surface area (Å²) in [6.45, 7) is 5.02. The van der Waals surface area contributed by atoms with Crippen LogP contribution in [0.1, 0.15) is 22.0 Å². The van der Waals surface area contributed by atoms with Crippen molar-refractivity contribution in [2.45, 2.75) is 26.4 Å². The Morgan fingerprint density at radius 2 is 2.23 bits per heavy atom. The molecule has 5 heteroatoms. The second-order valence-electron chi connectivity index (χ2n) is 5.63. The summed E-state index contributed by atoms with van der Waals surface area (Å²) in [5, 5.41) is 4.35. The van der Waals surface area contributed by atoms with E-state index in [0.717, 1.165) is 31.9 Å². The molecule has 0 amide bonds. The van der Waals surface area contributed by atoms with Gasteiger partial charge in [0.05, 0.1) is 0 Å². The standard InChI is InChI=1S/C17H17N3S2/c1-12-18-8-14-9-20(6-4-16(14)19-12)10-15-2-3-17(22-15)13-5-7-21-11-13/h2-3,5,7-8,11H,4,6,9-10H2,1H3. The molecular formula is C17H17N3S2. The van der Waals surface area contributed by atoms with Crippen LogP contribution >= 0.6 is 22.7 Å². The van der Waals surface area contributed by atoms with Crippen molar-refractivity contribution in [2.24, 2.45) is 0 Å². The third-order valence-electron chi connectivity index (χ3n) is 3.98. The maximum atomic E-state index is 4.56. The molecule has 112 valence electrons. The summed E-state index contributed by atoms with van der Waals surface area (Å²) in [6.07, 6.45) is 3.02. The Hall–Kier alpha value is -1.56. The predicted molar refractivity (Wildman–Crippen MR) is 92.2 cm³/mol. The van der Waals surface area contributed by atoms with E-state index in [9.17, 15) is 0 Å². The summed E-state index contributed by atoms with van der Waals surface area (Å²) in [5.74, 6) is 0.880. The van der Waals surface area contributed by atoms with Gasteiger partial charge < -0.3 is 0 Å². The number of rotatable bonds is 3. The van der Waals surface area contributed by atoms with E-state index < -0.39 is 0 Å². The van der Waals surface area contributed by atoms with E-state index >= 15 is 0 Å². The molecule has 0 bridgehead atoms. The summed E-state index contributed by atoms with van der Waals surface area (Å²) in [4.78, 5) is 14.2. The van der Waals surface area contributed by atoms with Gasteiger partial charge in [-0.15, -0.1) is 11.3 Å². The molecule has 1 aliphatic heterocycles. The molecule has 0 radical (unpaired) electrons. The number of aromatic nitrogens is 2. The zero-order valence-electron chi connectivity index (χ0n) is 12.5. The topological polar surface area (TPSA) is 29.0 Å². The molecule has 3 aromatic heterocycles. The Morgan fingerprint density at radius 3 is 3.09 bits per heavy atom. The summed E-state index contributed by atoms with van der Waals surface area (Å²) in [6, 6.07) is 6.70. The van der Waals surface area contributed by atoms with Crippen molar-refractivity contribution >= 4 is 22.7 Å². The van der Waals surface area contributed by atoms with Crippen molar-refractivity contribution in [2.75, 3.05) is 6.54 Å². The fourth-order valence-corrected chi connectivity index (χ4v) is 4.63. The zero-order chi connectivity index (χ0) is 14.9. The van der Waals surface area contributed by atoms with Gasteiger partial charge in [-0.25, -0.2) is 9.97 Å². The molecule has 0 aliphatic carbocycles. The molecule has 0 saturated heterocycles. The fourth-order valence-electron chi connectivity index (χ4n) is 2.85. The number of aryl methyl sites for hydroxylation is 1. The van der Waals surface area contributed by atoms with Gasteiger partial charge in [0.25, 0.3) is 0 Å². The number of thiophene rings is 2. The third kappa shape index (κ3) is 2.84. The molecule has 1 aliphatic rings. The number of hydrogen-bond acceptors (Lipinski definition) is 5. The maximum absolute atomic E-state index is 4.56. The second-order valence-corrected chi connectivity index (χ2v) is 7.58. The van der Waals surface area contributed by atoms with E-state index in [2.05, 4.69) is 43.8 Å². The summed E-state index contributed by atoms with van der Waals surface area (Å²) >= 11 is 3.66. The van der Waals surface area contributed by atoms with Crippen molar-refractivity contribution in [1.82, 2.24) is 14.9 Å². The first-order valence-electron chi connectivity index (χ1n) is 7.43. The van der Waals surface area contributed by atoms with Crippen molar-refractivity contribution in [1.29, 1.82) is 0 Å². The summed E-state index contributed by atoms with van der Waals surface area (Å²) in [7, 11) is 0. The average molecular weight is 327 g/mol. The van der Waals surface area contributed by atoms with Gasteiger partial charge in [-0.1, -0.05) is 0 Å². The van der Waals surface area contributed by atoms with Gasteiger partial charge in [-0.3, -0.25) is 4.90 Å². The normalized spacial score (nSPS) is 15.0. The number of hydrogen-bond donors (Lipinski definition) is 0. The van der Waals surface area contributed by atoms with Gasteiger partial charge in [-0.05, 0) is 35.9 Å². The van der Waals surface area contributed by atoms with E-state index in [1.807, 2.05) is 24.5 Å². The van der Waals surface area contributed by atoms with Crippen LogP contribution in [0.3, 0.4) is 0 Å². The summed E-state index contributed by atoms with van der Waals surface area (Å²) < 4.78 is 0. The van der Waals surface area contributed by atoms with Gasteiger partial charge in [-0.2, -0.15) is 11.3 Å². The number of fused-ring (bicyclic) bond motifs is 1. The van der Waals surface area contributed by atoms with Gasteiger partial charge in [0.2, 0.25) is 0 Å². The minimum atomic E-state index is 0.880. The minimum Gasteiger partial charge on any atom is -0.293 e. The van der Waals surface area contributed by atoms with Crippen molar-refractivity contribution < 1.29 is 0 Å². The highest BCUT2D eigenvalue weighted by Crippen LogP contribution is 2.31. The molecule has 0 unspecified atom stereocenters. The molecule has 0 N–H and O–H groups in total. The van der Waals surface area contributed by atoms with Crippen LogP contribution in [0.25, 0.3) is 10.4 Å². The first-order valence-corrected chi connectivity index (χ1v) is 9.19. The van der Waals surface area contributed by atoms with Crippen LogP contribution in [-0.2, 0) is 19.5 Å². The molecule has 0 fully saturated rings. The van der Waals surface area contributed by atoms with Gasteiger partial charge >= 0.3 is 0 Å². The molecule has 22 heavy (non-hydrogen) atoms. The van der Waals surface area contributed by atoms with E-state index in [1.165, 1.54) is 26.6 Å². The Morgan fingerprint density at radius 1 is 1.27 bits per heavy atom. The molecule has 3 nitrogen and oxygen atoms in total. The van der Waals surface area contributed by atoms with Crippen LogP contribution in [0.2, 0.25) is 0 Å². The lowest BCUT2D eigenvalue weighted by molar-refractivity contribution is 0.245. The van der Waals surface area contributed by atoms with Crippen LogP contribution in [-0.4, -0.2) is 21.4 Å². The van der Waals surface area contributed by atoms with Crippen LogP contribution in [0, 0.1) is 6.92 Å². The molecule has 0 atom stereocenters. The molecule has 3 aromatic rings. The van der Waals surface area contributed by atoms with Crippen LogP contribution in [0.15, 0.2) is 35.2 Å². The Kier molecular flexibility index (Phi) is 3.78. The van der Waals surface area contributed by atoms with Crippen molar-refractivity contribution in [3.05, 3.63) is 57.1 Å². The lowest BCUT2D eigenvalue weighted by Crippen LogP contribution is -2.30.